The summed E-state index contributed by atoms with van der Waals surface area (Å²) in [4.78, 5) is 23.3. The number of thioether (sulfide) groups is 1. The Hall–Kier alpha value is -1.05. The van der Waals surface area contributed by atoms with Crippen LogP contribution in [0.4, 0.5) is 0 Å². The quantitative estimate of drug-likeness (QED) is 0.434. The predicted molar refractivity (Wildman–Crippen MR) is 95.3 cm³/mol. The van der Waals surface area contributed by atoms with Crippen LogP contribution in [0.2, 0.25) is 0 Å². The lowest BCUT2D eigenvalue weighted by molar-refractivity contribution is -0.144. The number of nitrogens with two attached hydrogens (primary N) is 1. The minimum atomic E-state index is -1.01. The van der Waals surface area contributed by atoms with Crippen molar-refractivity contribution >= 4 is 23.7 Å². The number of carboxylic acid groups (broad SMARTS) is 1. The molecule has 6 atom stereocenters. The molecular weight excluding hydrogens is 342 g/mol. The summed E-state index contributed by atoms with van der Waals surface area (Å²) in [5.41, 5.74) is 6.71. The summed E-state index contributed by atoms with van der Waals surface area (Å²) in [6.07, 6.45) is 5.88. The second-order valence-electron chi connectivity index (χ2n) is 7.63. The largest absolute Gasteiger partial charge is 0.480 e. The highest BCUT2D eigenvalue weighted by Gasteiger charge is 2.62. The van der Waals surface area contributed by atoms with Crippen molar-refractivity contribution in [3.05, 3.63) is 11.6 Å². The van der Waals surface area contributed by atoms with E-state index in [1.807, 2.05) is 0 Å². The lowest BCUT2D eigenvalue weighted by atomic mass is 9.81. The molecule has 140 valence electrons. The first kappa shape index (κ1) is 18.7. The first-order valence-electron chi connectivity index (χ1n) is 8.92. The molecule has 6 unspecified atom stereocenters. The van der Waals surface area contributed by atoms with Crippen LogP contribution >= 0.6 is 11.8 Å². The van der Waals surface area contributed by atoms with Crippen LogP contribution < -0.4 is 5.73 Å². The lowest BCUT2D eigenvalue weighted by Gasteiger charge is -2.22. The second-order valence-corrected chi connectivity index (χ2v) is 8.71. The molecule has 7 heteroatoms. The number of aliphatic carboxylic acids is 1. The molecule has 0 saturated carbocycles. The molecule has 2 aliphatic heterocycles. The van der Waals surface area contributed by atoms with Crippen LogP contribution in [0.25, 0.3) is 0 Å². The van der Waals surface area contributed by atoms with Crippen LogP contribution in [0.5, 0.6) is 0 Å². The molecule has 0 aromatic rings. The third-order valence-corrected chi connectivity index (χ3v) is 6.84. The molecule has 0 radical (unpaired) electrons. The third kappa shape index (κ3) is 4.04. The Morgan fingerprint density at radius 2 is 2.32 bits per heavy atom. The molecule has 0 bridgehead atoms. The van der Waals surface area contributed by atoms with Crippen molar-refractivity contribution in [1.29, 1.82) is 0 Å². The van der Waals surface area contributed by atoms with Crippen molar-refractivity contribution in [2.75, 3.05) is 11.5 Å². The van der Waals surface area contributed by atoms with Crippen molar-refractivity contribution in [2.45, 2.75) is 63.4 Å². The summed E-state index contributed by atoms with van der Waals surface area (Å²) in [6, 6.07) is -0.900. The molecule has 0 amide bonds. The van der Waals surface area contributed by atoms with Gasteiger partial charge in [0, 0.05) is 17.4 Å². The molecule has 2 saturated heterocycles. The Morgan fingerprint density at radius 1 is 1.56 bits per heavy atom. The Balaban J connectivity index is 1.68. The molecule has 2 fully saturated rings. The van der Waals surface area contributed by atoms with E-state index in [0.717, 1.165) is 25.7 Å². The summed E-state index contributed by atoms with van der Waals surface area (Å²) in [5.74, 6) is -0.433. The van der Waals surface area contributed by atoms with E-state index < -0.39 is 12.0 Å². The minimum absolute atomic E-state index is 0.00969. The third-order valence-electron chi connectivity index (χ3n) is 5.65. The van der Waals surface area contributed by atoms with Crippen molar-refractivity contribution in [3.63, 3.8) is 0 Å². The number of allylic oxidation sites excluding steroid dienone is 2. The van der Waals surface area contributed by atoms with E-state index in [4.69, 9.17) is 20.3 Å². The maximum absolute atomic E-state index is 12.4. The minimum Gasteiger partial charge on any atom is -0.480 e. The van der Waals surface area contributed by atoms with Gasteiger partial charge in [0.25, 0.3) is 0 Å². The Labute approximate surface area is 152 Å². The van der Waals surface area contributed by atoms with E-state index in [1.54, 1.807) is 0 Å². The maximum atomic E-state index is 12.4. The fourth-order valence-electron chi connectivity index (χ4n) is 3.92. The maximum Gasteiger partial charge on any atom is 0.321 e. The summed E-state index contributed by atoms with van der Waals surface area (Å²) >= 11 is 1.42. The molecule has 3 aliphatic rings. The summed E-state index contributed by atoms with van der Waals surface area (Å²) in [6.45, 7) is 4.23. The lowest BCUT2D eigenvalue weighted by Crippen LogP contribution is -2.33. The number of esters is 1. The van der Waals surface area contributed by atoms with Gasteiger partial charge in [-0.05, 0) is 39.5 Å². The number of hydrogen-bond acceptors (Lipinski definition) is 6. The van der Waals surface area contributed by atoms with Gasteiger partial charge in [-0.15, -0.1) is 0 Å². The standard InChI is InChI=1S/C18H27NO5S/c1-10-4-3-7-18(2)15(24-18)14-11(6-5-10)12(17(22)23-14)8-25-9-13(19)16(20)21/h4,11-15H,3,5-9,19H2,1-2H3,(H,20,21). The van der Waals surface area contributed by atoms with Crippen molar-refractivity contribution in [3.8, 4) is 0 Å². The van der Waals surface area contributed by atoms with Crippen LogP contribution in [0.15, 0.2) is 11.6 Å². The van der Waals surface area contributed by atoms with Crippen molar-refractivity contribution < 1.29 is 24.2 Å². The first-order chi connectivity index (χ1) is 11.8. The number of hydrogen-bond donors (Lipinski definition) is 2. The van der Waals surface area contributed by atoms with Gasteiger partial charge in [-0.25, -0.2) is 0 Å². The fourth-order valence-corrected chi connectivity index (χ4v) is 5.09. The molecule has 6 nitrogen and oxygen atoms in total. The Bertz CT molecular complexity index is 580. The number of ether oxygens (including phenoxy) is 2. The molecule has 2 heterocycles. The van der Waals surface area contributed by atoms with E-state index in [9.17, 15) is 9.59 Å². The Morgan fingerprint density at radius 3 is 3.04 bits per heavy atom. The van der Waals surface area contributed by atoms with Crippen molar-refractivity contribution in [1.82, 2.24) is 0 Å². The van der Waals surface area contributed by atoms with Crippen LogP contribution in [0.3, 0.4) is 0 Å². The summed E-state index contributed by atoms with van der Waals surface area (Å²) < 4.78 is 11.7. The van der Waals surface area contributed by atoms with Crippen molar-refractivity contribution in [2.24, 2.45) is 17.6 Å². The second kappa shape index (κ2) is 7.29. The average molecular weight is 369 g/mol. The van der Waals surface area contributed by atoms with Gasteiger partial charge in [-0.3, -0.25) is 9.59 Å². The molecule has 1 aliphatic carbocycles. The number of carboxylic acids is 1. The molecule has 25 heavy (non-hydrogen) atoms. The van der Waals surface area contributed by atoms with E-state index in [1.165, 1.54) is 17.3 Å². The van der Waals surface area contributed by atoms with Gasteiger partial charge in [0.2, 0.25) is 0 Å². The number of carbonyl (C=O) groups excluding carboxylic acids is 1. The predicted octanol–water partition coefficient (Wildman–Crippen LogP) is 1.97. The van der Waals surface area contributed by atoms with Gasteiger partial charge in [-0.1, -0.05) is 11.6 Å². The highest BCUT2D eigenvalue weighted by Crippen LogP contribution is 2.50. The van der Waals surface area contributed by atoms with Gasteiger partial charge in [0.05, 0.1) is 11.5 Å². The summed E-state index contributed by atoms with van der Waals surface area (Å²) in [5, 5.41) is 8.88. The van der Waals surface area contributed by atoms with Gasteiger partial charge in [-0.2, -0.15) is 11.8 Å². The zero-order chi connectivity index (χ0) is 18.2. The van der Waals surface area contributed by atoms with Gasteiger partial charge < -0.3 is 20.3 Å². The number of fused-ring (bicyclic) bond motifs is 3. The molecule has 0 aromatic carbocycles. The number of carbonyl (C=O) groups is 2. The summed E-state index contributed by atoms with van der Waals surface area (Å²) in [7, 11) is 0. The molecule has 3 N–H and O–H groups in total. The fraction of sp³-hybridized carbons (Fsp3) is 0.778. The van der Waals surface area contributed by atoms with E-state index in [-0.39, 0.29) is 35.6 Å². The van der Waals surface area contributed by atoms with E-state index in [2.05, 4.69) is 19.9 Å². The Kier molecular flexibility index (Phi) is 5.46. The molecular formula is C18H27NO5S. The highest BCUT2D eigenvalue weighted by molar-refractivity contribution is 7.99. The van der Waals surface area contributed by atoms with Gasteiger partial charge in [0.15, 0.2) is 0 Å². The van der Waals surface area contributed by atoms with Crippen LogP contribution in [0.1, 0.15) is 39.5 Å². The smallest absolute Gasteiger partial charge is 0.321 e. The molecule has 0 spiro atoms. The van der Waals surface area contributed by atoms with E-state index >= 15 is 0 Å². The normalized spacial score (nSPS) is 38.8. The number of epoxide rings is 1. The zero-order valence-corrected chi connectivity index (χ0v) is 15.6. The SMILES string of the molecule is CC1=CCCC2(C)OC2C2OC(=O)C(CSCC(N)C(=O)O)C2CC1. The zero-order valence-electron chi connectivity index (χ0n) is 14.8. The van der Waals surface area contributed by atoms with Crippen LogP contribution in [0, 0.1) is 11.8 Å². The van der Waals surface area contributed by atoms with Crippen LogP contribution in [-0.4, -0.2) is 52.4 Å². The van der Waals surface area contributed by atoms with Gasteiger partial charge >= 0.3 is 11.9 Å². The average Bonchev–Trinajstić information content (AvgIpc) is 3.11. The molecule has 3 rings (SSSR count). The van der Waals surface area contributed by atoms with Crippen LogP contribution in [-0.2, 0) is 19.1 Å². The van der Waals surface area contributed by atoms with E-state index in [0.29, 0.717) is 11.5 Å². The molecule has 0 aromatic heterocycles. The number of rotatable bonds is 5. The highest BCUT2D eigenvalue weighted by atomic mass is 32.2. The topological polar surface area (TPSA) is 102 Å². The first-order valence-corrected chi connectivity index (χ1v) is 10.1. The monoisotopic (exact) mass is 369 g/mol. The van der Waals surface area contributed by atoms with Gasteiger partial charge in [0.1, 0.15) is 18.2 Å².